The molecule has 2 unspecified atom stereocenters. The molecule has 2 atom stereocenters. The maximum absolute atomic E-state index is 5.45. The highest BCUT2D eigenvalue weighted by Crippen LogP contribution is 2.33. The van der Waals surface area contributed by atoms with Crippen LogP contribution in [0.2, 0.25) is 0 Å². The van der Waals surface area contributed by atoms with Crippen molar-refractivity contribution in [3.05, 3.63) is 23.3 Å². The molecule has 144 valence electrons. The van der Waals surface area contributed by atoms with E-state index >= 15 is 0 Å². The highest BCUT2D eigenvalue weighted by molar-refractivity contribution is 5.80. The molecule has 6 heteroatoms. The molecule has 0 spiro atoms. The molecule has 3 rings (SSSR count). The van der Waals surface area contributed by atoms with Crippen molar-refractivity contribution < 1.29 is 9.47 Å². The minimum Gasteiger partial charge on any atom is -0.493 e. The number of ether oxygens (including phenoxy) is 2. The summed E-state index contributed by atoms with van der Waals surface area (Å²) in [6.07, 6.45) is 2.29. The Labute approximate surface area is 157 Å². The molecule has 2 aliphatic rings. The van der Waals surface area contributed by atoms with Gasteiger partial charge in [-0.3, -0.25) is 9.89 Å². The molecule has 0 aromatic heterocycles. The van der Waals surface area contributed by atoms with E-state index in [4.69, 9.17) is 14.5 Å². The summed E-state index contributed by atoms with van der Waals surface area (Å²) >= 11 is 0. The van der Waals surface area contributed by atoms with Gasteiger partial charge in [0, 0.05) is 32.2 Å². The van der Waals surface area contributed by atoms with E-state index in [-0.39, 0.29) is 0 Å². The first-order valence-corrected chi connectivity index (χ1v) is 9.65. The Morgan fingerprint density at radius 3 is 2.54 bits per heavy atom. The number of benzene rings is 1. The van der Waals surface area contributed by atoms with Crippen molar-refractivity contribution in [2.24, 2.45) is 10.9 Å². The Bertz CT molecular complexity index is 647. The molecule has 1 saturated carbocycles. The molecule has 1 aliphatic heterocycles. The molecule has 0 saturated heterocycles. The van der Waals surface area contributed by atoms with E-state index in [0.717, 1.165) is 62.5 Å². The Morgan fingerprint density at radius 1 is 1.23 bits per heavy atom. The summed E-state index contributed by atoms with van der Waals surface area (Å²) in [6, 6.07) is 4.83. The highest BCUT2D eigenvalue weighted by Gasteiger charge is 2.33. The van der Waals surface area contributed by atoms with Gasteiger partial charge in [-0.2, -0.15) is 0 Å². The van der Waals surface area contributed by atoms with Crippen LogP contribution in [0.4, 0.5) is 0 Å². The quantitative estimate of drug-likeness (QED) is 0.576. The Kier molecular flexibility index (Phi) is 6.25. The summed E-state index contributed by atoms with van der Waals surface area (Å²) in [4.78, 5) is 7.21. The smallest absolute Gasteiger partial charge is 0.191 e. The molecule has 2 N–H and O–H groups in total. The second-order valence-corrected chi connectivity index (χ2v) is 7.23. The monoisotopic (exact) mass is 360 g/mol. The molecule has 1 fully saturated rings. The van der Waals surface area contributed by atoms with Crippen molar-refractivity contribution >= 4 is 5.96 Å². The first-order valence-electron chi connectivity index (χ1n) is 9.65. The van der Waals surface area contributed by atoms with Gasteiger partial charge >= 0.3 is 0 Å². The van der Waals surface area contributed by atoms with Gasteiger partial charge in [0.2, 0.25) is 0 Å². The third-order valence-corrected chi connectivity index (χ3v) is 5.26. The van der Waals surface area contributed by atoms with Crippen LogP contribution in [0.25, 0.3) is 0 Å². The predicted octanol–water partition coefficient (Wildman–Crippen LogP) is 2.03. The zero-order chi connectivity index (χ0) is 18.5. The number of methoxy groups -OCH3 is 2. The Balaban J connectivity index is 1.56. The molecular formula is C20H32N4O2. The fourth-order valence-corrected chi connectivity index (χ4v) is 3.45. The van der Waals surface area contributed by atoms with Gasteiger partial charge in [0.15, 0.2) is 17.5 Å². The SMILES string of the molecule is CCNC(=NCCN1CCc2cc(OC)c(OC)cc2C1)NC1CC1C. The number of nitrogens with zero attached hydrogens (tertiary/aromatic N) is 2. The van der Waals surface area contributed by atoms with Crippen LogP contribution >= 0.6 is 0 Å². The lowest BCUT2D eigenvalue weighted by atomic mass is 9.99. The summed E-state index contributed by atoms with van der Waals surface area (Å²) in [5.74, 6) is 3.35. The van der Waals surface area contributed by atoms with Gasteiger partial charge in [0.25, 0.3) is 0 Å². The van der Waals surface area contributed by atoms with Crippen LogP contribution in [-0.2, 0) is 13.0 Å². The number of nitrogens with one attached hydrogen (secondary N) is 2. The topological polar surface area (TPSA) is 58.1 Å². The van der Waals surface area contributed by atoms with Gasteiger partial charge < -0.3 is 20.1 Å². The number of aliphatic imine (C=N–C) groups is 1. The van der Waals surface area contributed by atoms with Crippen molar-refractivity contribution in [1.29, 1.82) is 0 Å². The predicted molar refractivity (Wildman–Crippen MR) is 105 cm³/mol. The Morgan fingerprint density at radius 2 is 1.92 bits per heavy atom. The van der Waals surface area contributed by atoms with E-state index in [2.05, 4.69) is 41.5 Å². The van der Waals surface area contributed by atoms with Crippen molar-refractivity contribution in [1.82, 2.24) is 15.5 Å². The van der Waals surface area contributed by atoms with Crippen LogP contribution < -0.4 is 20.1 Å². The normalized spacial score (nSPS) is 22.5. The maximum Gasteiger partial charge on any atom is 0.191 e. The van der Waals surface area contributed by atoms with E-state index in [1.165, 1.54) is 17.5 Å². The van der Waals surface area contributed by atoms with Crippen LogP contribution in [0.1, 0.15) is 31.4 Å². The molecule has 0 radical (unpaired) electrons. The zero-order valence-electron chi connectivity index (χ0n) is 16.5. The third kappa shape index (κ3) is 4.61. The number of hydrogen-bond acceptors (Lipinski definition) is 4. The molecule has 1 aliphatic carbocycles. The molecule has 1 aromatic carbocycles. The van der Waals surface area contributed by atoms with Crippen LogP contribution in [0.3, 0.4) is 0 Å². The number of hydrogen-bond donors (Lipinski definition) is 2. The largest absolute Gasteiger partial charge is 0.493 e. The highest BCUT2D eigenvalue weighted by atomic mass is 16.5. The van der Waals surface area contributed by atoms with E-state index < -0.39 is 0 Å². The average molecular weight is 361 g/mol. The summed E-state index contributed by atoms with van der Waals surface area (Å²) < 4.78 is 10.9. The van der Waals surface area contributed by atoms with Crippen LogP contribution in [0, 0.1) is 5.92 Å². The molecular weight excluding hydrogens is 328 g/mol. The fourth-order valence-electron chi connectivity index (χ4n) is 3.45. The minimum atomic E-state index is 0.595. The Hall–Kier alpha value is -1.95. The molecule has 0 amide bonds. The zero-order valence-corrected chi connectivity index (χ0v) is 16.5. The van der Waals surface area contributed by atoms with Crippen molar-refractivity contribution in [3.63, 3.8) is 0 Å². The van der Waals surface area contributed by atoms with E-state index in [0.29, 0.717) is 6.04 Å². The van der Waals surface area contributed by atoms with Crippen LogP contribution in [0.5, 0.6) is 11.5 Å². The molecule has 6 nitrogen and oxygen atoms in total. The second-order valence-electron chi connectivity index (χ2n) is 7.23. The maximum atomic E-state index is 5.45. The van der Waals surface area contributed by atoms with Gasteiger partial charge in [-0.1, -0.05) is 6.92 Å². The van der Waals surface area contributed by atoms with Crippen LogP contribution in [-0.4, -0.2) is 57.3 Å². The molecule has 26 heavy (non-hydrogen) atoms. The van der Waals surface area contributed by atoms with Gasteiger partial charge in [0.05, 0.1) is 20.8 Å². The molecule has 1 heterocycles. The minimum absolute atomic E-state index is 0.595. The number of rotatable bonds is 7. The van der Waals surface area contributed by atoms with Gasteiger partial charge in [-0.15, -0.1) is 0 Å². The van der Waals surface area contributed by atoms with Crippen molar-refractivity contribution in [3.8, 4) is 11.5 Å². The summed E-state index contributed by atoms with van der Waals surface area (Å²) in [7, 11) is 3.38. The van der Waals surface area contributed by atoms with Gasteiger partial charge in [-0.05, 0) is 48.9 Å². The lowest BCUT2D eigenvalue weighted by Crippen LogP contribution is -2.40. The van der Waals surface area contributed by atoms with Crippen LogP contribution in [0.15, 0.2) is 17.1 Å². The summed E-state index contributed by atoms with van der Waals surface area (Å²) in [6.45, 7) is 9.04. The van der Waals surface area contributed by atoms with Crippen molar-refractivity contribution in [2.45, 2.75) is 39.3 Å². The summed E-state index contributed by atoms with van der Waals surface area (Å²) in [5.41, 5.74) is 2.69. The molecule has 0 bridgehead atoms. The lowest BCUT2D eigenvalue weighted by molar-refractivity contribution is 0.260. The van der Waals surface area contributed by atoms with Crippen molar-refractivity contribution in [2.75, 3.05) is 40.4 Å². The van der Waals surface area contributed by atoms with Gasteiger partial charge in [-0.25, -0.2) is 0 Å². The van der Waals surface area contributed by atoms with E-state index in [1.54, 1.807) is 14.2 Å². The average Bonchev–Trinajstić information content (AvgIpc) is 3.35. The fraction of sp³-hybridized carbons (Fsp3) is 0.650. The third-order valence-electron chi connectivity index (χ3n) is 5.26. The first-order chi connectivity index (χ1) is 12.6. The van der Waals surface area contributed by atoms with E-state index in [1.807, 2.05) is 0 Å². The molecule has 1 aromatic rings. The number of guanidine groups is 1. The number of fused-ring (bicyclic) bond motifs is 1. The van der Waals surface area contributed by atoms with Gasteiger partial charge in [0.1, 0.15) is 0 Å². The second kappa shape index (κ2) is 8.62. The van der Waals surface area contributed by atoms with E-state index in [9.17, 15) is 0 Å². The lowest BCUT2D eigenvalue weighted by Gasteiger charge is -2.29. The summed E-state index contributed by atoms with van der Waals surface area (Å²) in [5, 5.41) is 6.86. The standard InChI is InChI=1S/C20H32N4O2/c1-5-21-20(23-17-10-14(17)2)22-7-9-24-8-6-15-11-18(25-3)19(26-4)12-16(15)13-24/h11-12,14,17H,5-10,13H2,1-4H3,(H2,21,22,23). The first kappa shape index (κ1) is 18.8.